The molecule has 16 heavy (non-hydrogen) atoms. The number of aromatic nitrogens is 1. The van der Waals surface area contributed by atoms with Gasteiger partial charge in [0.25, 0.3) is 0 Å². The first-order valence-corrected chi connectivity index (χ1v) is 5.84. The van der Waals surface area contributed by atoms with Gasteiger partial charge in [-0.15, -0.1) is 0 Å². The van der Waals surface area contributed by atoms with Gasteiger partial charge in [-0.3, -0.25) is 4.90 Å². The second kappa shape index (κ2) is 4.80. The number of pyridine rings is 1. The van der Waals surface area contributed by atoms with Crippen LogP contribution in [0.1, 0.15) is 25.8 Å². The molecule has 2 unspecified atom stereocenters. The molecule has 2 atom stereocenters. The first-order valence-electron chi connectivity index (χ1n) is 5.84. The van der Waals surface area contributed by atoms with E-state index in [1.165, 1.54) is 18.5 Å². The van der Waals surface area contributed by atoms with Crippen LogP contribution >= 0.6 is 0 Å². The summed E-state index contributed by atoms with van der Waals surface area (Å²) in [5.41, 5.74) is 3.85. The van der Waals surface area contributed by atoms with Crippen molar-refractivity contribution in [1.82, 2.24) is 9.88 Å². The van der Waals surface area contributed by atoms with Crippen molar-refractivity contribution < 1.29 is 0 Å². The number of nitrogens with zero attached hydrogens (tertiary/aromatic N) is 2. The Morgan fingerprint density at radius 1 is 1.56 bits per heavy atom. The number of nitrogens with two attached hydrogens (primary N) is 1. The van der Waals surface area contributed by atoms with E-state index in [1.807, 2.05) is 6.07 Å². The van der Waals surface area contributed by atoms with Crippen molar-refractivity contribution in [3.63, 3.8) is 0 Å². The maximum atomic E-state index is 5.35. The quantitative estimate of drug-likeness (QED) is 0.600. The maximum Gasteiger partial charge on any atom is 0.140 e. The van der Waals surface area contributed by atoms with Gasteiger partial charge in [-0.1, -0.05) is 6.92 Å². The zero-order valence-corrected chi connectivity index (χ0v) is 9.98. The highest BCUT2D eigenvalue weighted by Gasteiger charge is 2.25. The fraction of sp³-hybridized carbons (Fsp3) is 0.583. The molecule has 0 bridgehead atoms. The molecular weight excluding hydrogens is 200 g/mol. The number of rotatable bonds is 3. The van der Waals surface area contributed by atoms with Crippen molar-refractivity contribution in [2.24, 2.45) is 11.8 Å². The van der Waals surface area contributed by atoms with Crippen LogP contribution in [0.2, 0.25) is 0 Å². The molecule has 0 amide bonds. The number of hydrogen-bond acceptors (Lipinski definition) is 4. The van der Waals surface area contributed by atoms with Crippen LogP contribution in [0.15, 0.2) is 18.3 Å². The third-order valence-electron chi connectivity index (χ3n) is 3.27. The first kappa shape index (κ1) is 11.4. The molecule has 1 aromatic heterocycles. The summed E-state index contributed by atoms with van der Waals surface area (Å²) in [5.74, 6) is 6.89. The van der Waals surface area contributed by atoms with Gasteiger partial charge in [-0.25, -0.2) is 10.8 Å². The van der Waals surface area contributed by atoms with Crippen molar-refractivity contribution >= 4 is 5.82 Å². The predicted molar refractivity (Wildman–Crippen MR) is 65.7 cm³/mol. The number of nitrogens with one attached hydrogen (secondary N) is 1. The Morgan fingerprint density at radius 3 is 3.00 bits per heavy atom. The smallest absolute Gasteiger partial charge is 0.140 e. The molecule has 2 rings (SSSR count). The predicted octanol–water partition coefficient (Wildman–Crippen LogP) is 1.60. The van der Waals surface area contributed by atoms with Crippen LogP contribution in [-0.2, 0) is 6.54 Å². The minimum absolute atomic E-state index is 0.678. The minimum atomic E-state index is 0.678. The van der Waals surface area contributed by atoms with Gasteiger partial charge in [-0.2, -0.15) is 0 Å². The molecule has 0 spiro atoms. The van der Waals surface area contributed by atoms with E-state index in [0.717, 1.165) is 18.3 Å². The van der Waals surface area contributed by atoms with Gasteiger partial charge in [-0.05, 0) is 37.0 Å². The Morgan fingerprint density at radius 2 is 2.38 bits per heavy atom. The highest BCUT2D eigenvalue weighted by Crippen LogP contribution is 2.24. The summed E-state index contributed by atoms with van der Waals surface area (Å²) in [6, 6.07) is 4.74. The van der Waals surface area contributed by atoms with Gasteiger partial charge in [0, 0.05) is 25.3 Å². The van der Waals surface area contributed by atoms with Crippen LogP contribution in [0, 0.1) is 5.92 Å². The molecule has 0 radical (unpaired) electrons. The molecule has 0 saturated carbocycles. The fourth-order valence-electron chi connectivity index (χ4n) is 2.49. The molecule has 0 aliphatic carbocycles. The average Bonchev–Trinajstić information content (AvgIpc) is 2.58. The molecule has 2 heterocycles. The maximum absolute atomic E-state index is 5.35. The van der Waals surface area contributed by atoms with Crippen LogP contribution in [0.5, 0.6) is 0 Å². The van der Waals surface area contributed by atoms with E-state index >= 15 is 0 Å². The van der Waals surface area contributed by atoms with Gasteiger partial charge in [0.15, 0.2) is 0 Å². The second-order valence-electron chi connectivity index (χ2n) is 4.81. The zero-order chi connectivity index (χ0) is 11.5. The molecule has 1 fully saturated rings. The van der Waals surface area contributed by atoms with E-state index in [4.69, 9.17) is 5.84 Å². The van der Waals surface area contributed by atoms with E-state index in [2.05, 4.69) is 35.2 Å². The Balaban J connectivity index is 2.03. The molecule has 4 nitrogen and oxygen atoms in total. The van der Waals surface area contributed by atoms with Crippen LogP contribution in [0.4, 0.5) is 5.82 Å². The van der Waals surface area contributed by atoms with Crippen LogP contribution in [0.3, 0.4) is 0 Å². The van der Waals surface area contributed by atoms with Crippen LogP contribution < -0.4 is 11.3 Å². The van der Waals surface area contributed by atoms with Crippen LogP contribution in [0.25, 0.3) is 0 Å². The first-order chi connectivity index (χ1) is 7.69. The lowest BCUT2D eigenvalue weighted by molar-refractivity contribution is 0.256. The van der Waals surface area contributed by atoms with Crippen molar-refractivity contribution in [2.75, 3.05) is 12.0 Å². The molecule has 1 aromatic rings. The third-order valence-corrected chi connectivity index (χ3v) is 3.27. The number of hydrazine groups is 1. The molecule has 4 heteroatoms. The summed E-state index contributed by atoms with van der Waals surface area (Å²) in [4.78, 5) is 6.63. The molecule has 0 aromatic carbocycles. The fourth-order valence-corrected chi connectivity index (χ4v) is 2.49. The molecule has 3 N–H and O–H groups in total. The number of nitrogen functional groups attached to an aromatic ring is 1. The standard InChI is InChI=1S/C12H20N4/c1-9-5-10(2)16(7-9)8-11-3-4-14-12(6-11)15-13/h3-4,6,9-10H,5,7-8,13H2,1-2H3,(H,14,15). The van der Waals surface area contributed by atoms with Gasteiger partial charge < -0.3 is 5.43 Å². The topological polar surface area (TPSA) is 54.2 Å². The van der Waals surface area contributed by atoms with Crippen LogP contribution in [-0.4, -0.2) is 22.5 Å². The molecular formula is C12H20N4. The molecule has 1 aliphatic heterocycles. The summed E-state index contributed by atoms with van der Waals surface area (Å²) < 4.78 is 0. The largest absolute Gasteiger partial charge is 0.308 e. The Hall–Kier alpha value is -1.13. The SMILES string of the molecule is CC1CC(C)N(Cc2ccnc(NN)c2)C1. The van der Waals surface area contributed by atoms with E-state index in [9.17, 15) is 0 Å². The van der Waals surface area contributed by atoms with E-state index < -0.39 is 0 Å². The van der Waals surface area contributed by atoms with Gasteiger partial charge >= 0.3 is 0 Å². The Bertz CT molecular complexity index is 353. The van der Waals surface area contributed by atoms with Gasteiger partial charge in [0.2, 0.25) is 0 Å². The highest BCUT2D eigenvalue weighted by atomic mass is 15.2. The Kier molecular flexibility index (Phi) is 3.41. The van der Waals surface area contributed by atoms with Crippen molar-refractivity contribution in [2.45, 2.75) is 32.9 Å². The lowest BCUT2D eigenvalue weighted by Gasteiger charge is -2.21. The van der Waals surface area contributed by atoms with Gasteiger partial charge in [0.05, 0.1) is 0 Å². The molecule has 88 valence electrons. The summed E-state index contributed by atoms with van der Waals surface area (Å²) in [7, 11) is 0. The number of likely N-dealkylation sites (tertiary alicyclic amines) is 1. The monoisotopic (exact) mass is 220 g/mol. The van der Waals surface area contributed by atoms with Crippen molar-refractivity contribution in [3.8, 4) is 0 Å². The van der Waals surface area contributed by atoms with E-state index in [1.54, 1.807) is 6.20 Å². The van der Waals surface area contributed by atoms with Crippen molar-refractivity contribution in [3.05, 3.63) is 23.9 Å². The van der Waals surface area contributed by atoms with Crippen molar-refractivity contribution in [1.29, 1.82) is 0 Å². The number of anilines is 1. The Labute approximate surface area is 96.8 Å². The third kappa shape index (κ3) is 2.51. The van der Waals surface area contributed by atoms with E-state index in [0.29, 0.717) is 6.04 Å². The lowest BCUT2D eigenvalue weighted by atomic mass is 10.1. The lowest BCUT2D eigenvalue weighted by Crippen LogP contribution is -2.26. The minimum Gasteiger partial charge on any atom is -0.308 e. The number of hydrogen-bond donors (Lipinski definition) is 2. The summed E-state index contributed by atoms with van der Waals surface area (Å²) >= 11 is 0. The summed E-state index contributed by atoms with van der Waals surface area (Å²) in [6.45, 7) is 6.79. The summed E-state index contributed by atoms with van der Waals surface area (Å²) in [5, 5.41) is 0. The van der Waals surface area contributed by atoms with Gasteiger partial charge in [0.1, 0.15) is 5.82 Å². The van der Waals surface area contributed by atoms with E-state index in [-0.39, 0.29) is 0 Å². The highest BCUT2D eigenvalue weighted by molar-refractivity contribution is 5.35. The normalized spacial score (nSPS) is 25.9. The molecule has 1 saturated heterocycles. The average molecular weight is 220 g/mol. The summed E-state index contributed by atoms with van der Waals surface area (Å²) in [6.07, 6.45) is 3.10. The zero-order valence-electron chi connectivity index (χ0n) is 9.98. The second-order valence-corrected chi connectivity index (χ2v) is 4.81. The molecule has 1 aliphatic rings.